The van der Waals surface area contributed by atoms with E-state index in [0.717, 1.165) is 0 Å². The van der Waals surface area contributed by atoms with Gasteiger partial charge < -0.3 is 11.1 Å². The lowest BCUT2D eigenvalue weighted by Crippen LogP contribution is -2.20. The first kappa shape index (κ1) is 13.5. The largest absolute Gasteiger partial charge is 0.376 e. The van der Waals surface area contributed by atoms with E-state index in [1.165, 1.54) is 6.07 Å². The minimum absolute atomic E-state index is 0.0238. The molecule has 19 heavy (non-hydrogen) atoms. The SMILES string of the molecule is NC(=S)Nc1ccccc1S(=O)(=O)c1ccccc1. The maximum atomic E-state index is 12.5. The van der Waals surface area contributed by atoms with Crippen LogP contribution in [0.5, 0.6) is 0 Å². The molecule has 0 atom stereocenters. The molecule has 0 spiro atoms. The van der Waals surface area contributed by atoms with E-state index >= 15 is 0 Å². The van der Waals surface area contributed by atoms with Crippen molar-refractivity contribution >= 4 is 32.9 Å². The molecular weight excluding hydrogens is 280 g/mol. The Bertz CT molecular complexity index is 698. The molecule has 98 valence electrons. The Balaban J connectivity index is 2.56. The lowest BCUT2D eigenvalue weighted by atomic mass is 10.3. The number of benzene rings is 2. The normalized spacial score (nSPS) is 10.9. The van der Waals surface area contributed by atoms with Crippen LogP contribution in [0.4, 0.5) is 5.69 Å². The third kappa shape index (κ3) is 2.91. The summed E-state index contributed by atoms with van der Waals surface area (Å²) in [4.78, 5) is 0.376. The van der Waals surface area contributed by atoms with Crippen LogP contribution in [0.2, 0.25) is 0 Å². The fourth-order valence-electron chi connectivity index (χ4n) is 1.66. The molecule has 0 aliphatic carbocycles. The van der Waals surface area contributed by atoms with Gasteiger partial charge in [-0.25, -0.2) is 8.42 Å². The van der Waals surface area contributed by atoms with Crippen molar-refractivity contribution in [1.82, 2.24) is 0 Å². The van der Waals surface area contributed by atoms with Crippen molar-refractivity contribution in [1.29, 1.82) is 0 Å². The molecule has 6 heteroatoms. The van der Waals surface area contributed by atoms with Crippen LogP contribution < -0.4 is 11.1 Å². The number of nitrogens with two attached hydrogens (primary N) is 1. The maximum Gasteiger partial charge on any atom is 0.208 e. The zero-order valence-corrected chi connectivity index (χ0v) is 11.5. The number of para-hydroxylation sites is 1. The number of thiocarbonyl (C=S) groups is 1. The third-order valence-electron chi connectivity index (χ3n) is 2.49. The van der Waals surface area contributed by atoms with Crippen LogP contribution >= 0.6 is 12.2 Å². The van der Waals surface area contributed by atoms with Crippen LogP contribution in [0.1, 0.15) is 0 Å². The van der Waals surface area contributed by atoms with Crippen molar-refractivity contribution in [3.8, 4) is 0 Å². The molecule has 3 N–H and O–H groups in total. The number of anilines is 1. The second-order valence-corrected chi connectivity index (χ2v) is 6.16. The van der Waals surface area contributed by atoms with Gasteiger partial charge in [0.1, 0.15) is 0 Å². The highest BCUT2D eigenvalue weighted by molar-refractivity contribution is 7.91. The van der Waals surface area contributed by atoms with Crippen molar-refractivity contribution < 1.29 is 8.42 Å². The van der Waals surface area contributed by atoms with E-state index in [-0.39, 0.29) is 14.9 Å². The van der Waals surface area contributed by atoms with Crippen molar-refractivity contribution in [2.75, 3.05) is 5.32 Å². The Kier molecular flexibility index (Phi) is 3.82. The molecule has 0 heterocycles. The van der Waals surface area contributed by atoms with Gasteiger partial charge in [0.15, 0.2) is 5.11 Å². The van der Waals surface area contributed by atoms with Gasteiger partial charge in [-0.2, -0.15) is 0 Å². The van der Waals surface area contributed by atoms with Crippen LogP contribution in [0.3, 0.4) is 0 Å². The number of hydrogen-bond donors (Lipinski definition) is 2. The lowest BCUT2D eigenvalue weighted by molar-refractivity contribution is 0.596. The smallest absolute Gasteiger partial charge is 0.208 e. The minimum atomic E-state index is -3.59. The van der Waals surface area contributed by atoms with Gasteiger partial charge in [0.25, 0.3) is 0 Å². The zero-order valence-electron chi connectivity index (χ0n) is 9.91. The number of nitrogens with one attached hydrogen (secondary N) is 1. The first-order chi connectivity index (χ1) is 9.01. The fraction of sp³-hybridized carbons (Fsp3) is 0. The quantitative estimate of drug-likeness (QED) is 0.848. The highest BCUT2D eigenvalue weighted by Gasteiger charge is 2.20. The van der Waals surface area contributed by atoms with Gasteiger partial charge in [-0.15, -0.1) is 0 Å². The standard InChI is InChI=1S/C13H12N2O2S2/c14-13(18)15-11-8-4-5-9-12(11)19(16,17)10-6-2-1-3-7-10/h1-9H,(H3,14,15,18). The molecule has 2 aromatic carbocycles. The van der Waals surface area contributed by atoms with Crippen LogP contribution in [0.15, 0.2) is 64.4 Å². The molecule has 0 amide bonds. The van der Waals surface area contributed by atoms with Gasteiger partial charge in [0.05, 0.1) is 15.5 Å². The van der Waals surface area contributed by atoms with Crippen molar-refractivity contribution in [3.05, 3.63) is 54.6 Å². The van der Waals surface area contributed by atoms with Crippen molar-refractivity contribution in [3.63, 3.8) is 0 Å². The number of sulfone groups is 1. The Hall–Kier alpha value is -1.92. The van der Waals surface area contributed by atoms with E-state index in [1.807, 2.05) is 0 Å². The highest BCUT2D eigenvalue weighted by atomic mass is 32.2. The average molecular weight is 292 g/mol. The van der Waals surface area contributed by atoms with E-state index in [9.17, 15) is 8.42 Å². The summed E-state index contributed by atoms with van der Waals surface area (Å²) in [6.07, 6.45) is 0. The van der Waals surface area contributed by atoms with Gasteiger partial charge in [0, 0.05) is 0 Å². The second kappa shape index (κ2) is 5.38. The maximum absolute atomic E-state index is 12.5. The molecule has 4 nitrogen and oxygen atoms in total. The molecule has 0 aromatic heterocycles. The van der Waals surface area contributed by atoms with Gasteiger partial charge in [-0.1, -0.05) is 30.3 Å². The van der Waals surface area contributed by atoms with Crippen LogP contribution in [0, 0.1) is 0 Å². The Morgan fingerprint density at radius 3 is 2.21 bits per heavy atom. The summed E-state index contributed by atoms with van der Waals surface area (Å²) in [7, 11) is -3.59. The van der Waals surface area contributed by atoms with E-state index in [4.69, 9.17) is 18.0 Å². The van der Waals surface area contributed by atoms with E-state index in [1.54, 1.807) is 48.5 Å². The van der Waals surface area contributed by atoms with Gasteiger partial charge >= 0.3 is 0 Å². The second-order valence-electron chi connectivity index (χ2n) is 3.80. The highest BCUT2D eigenvalue weighted by Crippen LogP contribution is 2.27. The summed E-state index contributed by atoms with van der Waals surface area (Å²) in [6, 6.07) is 14.7. The van der Waals surface area contributed by atoms with Gasteiger partial charge in [-0.05, 0) is 36.5 Å². The summed E-state index contributed by atoms with van der Waals surface area (Å²) in [5, 5.41) is 2.70. The third-order valence-corrected chi connectivity index (χ3v) is 4.42. The summed E-state index contributed by atoms with van der Waals surface area (Å²) >= 11 is 4.75. The molecular formula is C13H12N2O2S2. The Labute approximate surface area is 117 Å². The Morgan fingerprint density at radius 2 is 1.58 bits per heavy atom. The molecule has 0 fully saturated rings. The molecule has 0 radical (unpaired) electrons. The molecule has 0 bridgehead atoms. The summed E-state index contributed by atoms with van der Waals surface area (Å²) in [6.45, 7) is 0. The molecule has 0 unspecified atom stereocenters. The zero-order chi connectivity index (χ0) is 13.9. The molecule has 0 aliphatic rings. The van der Waals surface area contributed by atoms with Crippen LogP contribution in [-0.4, -0.2) is 13.5 Å². The first-order valence-electron chi connectivity index (χ1n) is 5.47. The monoisotopic (exact) mass is 292 g/mol. The lowest BCUT2D eigenvalue weighted by Gasteiger charge is -2.11. The topological polar surface area (TPSA) is 72.2 Å². The van der Waals surface area contributed by atoms with Crippen LogP contribution in [0.25, 0.3) is 0 Å². The number of hydrogen-bond acceptors (Lipinski definition) is 3. The fourth-order valence-corrected chi connectivity index (χ4v) is 3.21. The number of rotatable bonds is 3. The van der Waals surface area contributed by atoms with Gasteiger partial charge in [0.2, 0.25) is 9.84 Å². The molecule has 0 saturated heterocycles. The molecule has 0 saturated carbocycles. The molecule has 0 aliphatic heterocycles. The summed E-state index contributed by atoms with van der Waals surface area (Å²) in [5.41, 5.74) is 5.77. The average Bonchev–Trinajstić information content (AvgIpc) is 2.39. The summed E-state index contributed by atoms with van der Waals surface area (Å²) in [5.74, 6) is 0. The summed E-state index contributed by atoms with van der Waals surface area (Å²) < 4.78 is 25.0. The van der Waals surface area contributed by atoms with Crippen molar-refractivity contribution in [2.24, 2.45) is 5.73 Å². The predicted molar refractivity (Wildman–Crippen MR) is 78.7 cm³/mol. The van der Waals surface area contributed by atoms with E-state index in [0.29, 0.717) is 5.69 Å². The molecule has 2 rings (SSSR count). The van der Waals surface area contributed by atoms with Crippen LogP contribution in [-0.2, 0) is 9.84 Å². The first-order valence-corrected chi connectivity index (χ1v) is 7.36. The van der Waals surface area contributed by atoms with Crippen molar-refractivity contribution in [2.45, 2.75) is 9.79 Å². The molecule has 2 aromatic rings. The predicted octanol–water partition coefficient (Wildman–Crippen LogP) is 2.17. The minimum Gasteiger partial charge on any atom is -0.376 e. The van der Waals surface area contributed by atoms with Gasteiger partial charge in [-0.3, -0.25) is 0 Å². The van der Waals surface area contributed by atoms with E-state index < -0.39 is 9.84 Å². The Morgan fingerprint density at radius 1 is 1.00 bits per heavy atom. The van der Waals surface area contributed by atoms with E-state index in [2.05, 4.69) is 5.32 Å².